The highest BCUT2D eigenvalue weighted by Crippen LogP contribution is 2.37. The number of hydrogen-bond donors (Lipinski definition) is 0. The molecule has 0 N–H and O–H groups in total. The molecule has 9 nitrogen and oxygen atoms in total. The highest BCUT2D eigenvalue weighted by molar-refractivity contribution is 5.80. The molecule has 0 bridgehead atoms. The first-order chi connectivity index (χ1) is 17.6. The smallest absolute Gasteiger partial charge is 0.410 e. The van der Waals surface area contributed by atoms with Gasteiger partial charge in [-0.15, -0.1) is 0 Å². The third-order valence-electron chi connectivity index (χ3n) is 7.68. The van der Waals surface area contributed by atoms with E-state index in [1.807, 2.05) is 10.7 Å². The molecule has 3 saturated heterocycles. The number of carbonyl (C=O) groups excluding carboxylic acids is 1. The third-order valence-corrected chi connectivity index (χ3v) is 7.68. The number of amides is 1. The molecule has 6 rings (SSSR count). The molecule has 0 atom stereocenters. The van der Waals surface area contributed by atoms with Gasteiger partial charge in [-0.1, -0.05) is 24.3 Å². The van der Waals surface area contributed by atoms with E-state index >= 15 is 0 Å². The molecular weight excluding hydrogens is 460 g/mol. The lowest BCUT2D eigenvalue weighted by atomic mass is 9.85. The predicted octanol–water partition coefficient (Wildman–Crippen LogP) is 3.31. The molecule has 0 radical (unpaired) electrons. The van der Waals surface area contributed by atoms with Gasteiger partial charge in [0.25, 0.3) is 0 Å². The summed E-state index contributed by atoms with van der Waals surface area (Å²) in [6, 6.07) is 12.9. The average molecular weight is 493 g/mol. The van der Waals surface area contributed by atoms with Crippen molar-refractivity contribution in [1.82, 2.24) is 14.5 Å². The molecule has 9 heteroatoms. The van der Waals surface area contributed by atoms with Crippen LogP contribution in [0.5, 0.6) is 0 Å². The number of hydrogen-bond acceptors (Lipinski definition) is 7. The second-order valence-corrected chi connectivity index (χ2v) is 9.68. The first kappa shape index (κ1) is 23.3. The number of piperazine rings is 1. The maximum Gasteiger partial charge on any atom is 0.410 e. The van der Waals surface area contributed by atoms with Crippen molar-refractivity contribution >= 4 is 17.3 Å². The SMILES string of the molecule is COC1(c2ccc(-c3cc4c(N5CCN(C(=O)OC6COC6)CC5)ccnn4c3)cc2)CCOCC1. The minimum Gasteiger partial charge on any atom is -0.441 e. The van der Waals surface area contributed by atoms with Gasteiger partial charge < -0.3 is 28.7 Å². The number of ether oxygens (including phenoxy) is 4. The van der Waals surface area contributed by atoms with Crippen LogP contribution in [0.1, 0.15) is 18.4 Å². The zero-order valence-corrected chi connectivity index (χ0v) is 20.6. The molecule has 0 saturated carbocycles. The summed E-state index contributed by atoms with van der Waals surface area (Å²) < 4.78 is 24.0. The number of rotatable bonds is 5. The van der Waals surface area contributed by atoms with E-state index < -0.39 is 0 Å². The molecule has 5 heterocycles. The largest absolute Gasteiger partial charge is 0.441 e. The second-order valence-electron chi connectivity index (χ2n) is 9.68. The van der Waals surface area contributed by atoms with Crippen LogP contribution >= 0.6 is 0 Å². The Bertz CT molecular complexity index is 1210. The predicted molar refractivity (Wildman–Crippen MR) is 134 cm³/mol. The summed E-state index contributed by atoms with van der Waals surface area (Å²) in [6.45, 7) is 5.19. The van der Waals surface area contributed by atoms with Crippen LogP contribution in [0.4, 0.5) is 10.5 Å². The standard InChI is InChI=1S/C27H32N4O5/c1-33-27(7-14-34-15-8-27)22-4-2-20(3-5-22)21-16-25-24(6-9-28-31(25)17-21)29-10-12-30(13-11-29)26(32)36-23-18-35-19-23/h2-6,9,16-17,23H,7-8,10-15,18-19H2,1H3. The van der Waals surface area contributed by atoms with Crippen LogP contribution in [0.2, 0.25) is 0 Å². The molecule has 3 aliphatic heterocycles. The number of benzene rings is 1. The monoisotopic (exact) mass is 492 g/mol. The topological polar surface area (TPSA) is 77.8 Å². The summed E-state index contributed by atoms with van der Waals surface area (Å²) in [5.74, 6) is 0. The van der Waals surface area contributed by atoms with E-state index in [1.54, 1.807) is 12.0 Å². The summed E-state index contributed by atoms with van der Waals surface area (Å²) in [5, 5.41) is 4.55. The van der Waals surface area contributed by atoms with E-state index in [1.165, 1.54) is 5.56 Å². The summed E-state index contributed by atoms with van der Waals surface area (Å²) in [4.78, 5) is 16.5. The summed E-state index contributed by atoms with van der Waals surface area (Å²) in [6.07, 6.45) is 5.30. The average Bonchev–Trinajstić information content (AvgIpc) is 3.36. The molecule has 0 spiro atoms. The number of carbonyl (C=O) groups is 1. The molecule has 0 aliphatic carbocycles. The molecule has 3 fully saturated rings. The molecule has 190 valence electrons. The summed E-state index contributed by atoms with van der Waals surface area (Å²) in [5.41, 5.74) is 5.36. The molecule has 3 aromatic rings. The molecule has 1 amide bonds. The van der Waals surface area contributed by atoms with Crippen molar-refractivity contribution in [2.45, 2.75) is 24.5 Å². The number of nitrogens with zero attached hydrogens (tertiary/aromatic N) is 4. The zero-order valence-electron chi connectivity index (χ0n) is 20.6. The van der Waals surface area contributed by atoms with Gasteiger partial charge in [-0.05, 0) is 23.3 Å². The fourth-order valence-electron chi connectivity index (χ4n) is 5.33. The fraction of sp³-hybridized carbons (Fsp3) is 0.481. The van der Waals surface area contributed by atoms with Crippen LogP contribution < -0.4 is 4.90 Å². The molecular formula is C27H32N4O5. The lowest BCUT2D eigenvalue weighted by molar-refractivity contribution is -0.104. The van der Waals surface area contributed by atoms with Crippen LogP contribution in [0.3, 0.4) is 0 Å². The Kier molecular flexibility index (Phi) is 6.29. The quantitative estimate of drug-likeness (QED) is 0.541. The van der Waals surface area contributed by atoms with Crippen LogP contribution in [-0.4, -0.2) is 86.4 Å². The second kappa shape index (κ2) is 9.72. The van der Waals surface area contributed by atoms with E-state index in [4.69, 9.17) is 18.9 Å². The Morgan fingerprint density at radius 1 is 1.00 bits per heavy atom. The van der Waals surface area contributed by atoms with Crippen LogP contribution in [0.25, 0.3) is 16.6 Å². The fourth-order valence-corrected chi connectivity index (χ4v) is 5.33. The Morgan fingerprint density at radius 2 is 1.75 bits per heavy atom. The van der Waals surface area contributed by atoms with E-state index in [-0.39, 0.29) is 17.8 Å². The van der Waals surface area contributed by atoms with Gasteiger partial charge in [-0.2, -0.15) is 5.10 Å². The van der Waals surface area contributed by atoms with E-state index in [9.17, 15) is 4.79 Å². The van der Waals surface area contributed by atoms with Crippen molar-refractivity contribution in [2.75, 3.05) is 64.6 Å². The lowest BCUT2D eigenvalue weighted by Gasteiger charge is -2.37. The molecule has 36 heavy (non-hydrogen) atoms. The van der Waals surface area contributed by atoms with Crippen LogP contribution in [-0.2, 0) is 24.5 Å². The minimum atomic E-state index is -0.267. The van der Waals surface area contributed by atoms with Gasteiger partial charge in [-0.3, -0.25) is 0 Å². The Morgan fingerprint density at radius 3 is 2.42 bits per heavy atom. The number of anilines is 1. The highest BCUT2D eigenvalue weighted by atomic mass is 16.6. The van der Waals surface area contributed by atoms with Gasteiger partial charge in [0.05, 0.1) is 30.0 Å². The van der Waals surface area contributed by atoms with Crippen molar-refractivity contribution in [3.8, 4) is 11.1 Å². The highest BCUT2D eigenvalue weighted by Gasteiger charge is 2.34. The number of aromatic nitrogens is 2. The van der Waals surface area contributed by atoms with Gasteiger partial charge in [0.1, 0.15) is 0 Å². The Hall–Kier alpha value is -3.14. The van der Waals surface area contributed by atoms with Crippen molar-refractivity contribution in [3.63, 3.8) is 0 Å². The maximum absolute atomic E-state index is 12.4. The van der Waals surface area contributed by atoms with Gasteiger partial charge in [0.15, 0.2) is 6.10 Å². The van der Waals surface area contributed by atoms with E-state index in [0.717, 1.165) is 61.5 Å². The third kappa shape index (κ3) is 4.31. The van der Waals surface area contributed by atoms with Crippen LogP contribution in [0, 0.1) is 0 Å². The van der Waals surface area contributed by atoms with Crippen LogP contribution in [0.15, 0.2) is 48.8 Å². The van der Waals surface area contributed by atoms with Gasteiger partial charge in [0, 0.05) is 77.3 Å². The summed E-state index contributed by atoms with van der Waals surface area (Å²) in [7, 11) is 1.79. The molecule has 1 aromatic carbocycles. The molecule has 3 aliphatic rings. The first-order valence-corrected chi connectivity index (χ1v) is 12.6. The normalized spacial score (nSPS) is 20.4. The van der Waals surface area contributed by atoms with E-state index in [0.29, 0.717) is 26.3 Å². The lowest BCUT2D eigenvalue weighted by Crippen LogP contribution is -2.51. The minimum absolute atomic E-state index is 0.0970. The van der Waals surface area contributed by atoms with Crippen molar-refractivity contribution in [3.05, 3.63) is 54.4 Å². The number of fused-ring (bicyclic) bond motifs is 1. The Labute approximate surface area is 210 Å². The molecule has 0 unspecified atom stereocenters. The first-order valence-electron chi connectivity index (χ1n) is 12.6. The van der Waals surface area contributed by atoms with Crippen molar-refractivity contribution in [1.29, 1.82) is 0 Å². The Balaban J connectivity index is 1.18. The van der Waals surface area contributed by atoms with E-state index in [2.05, 4.69) is 52.6 Å². The van der Waals surface area contributed by atoms with Crippen molar-refractivity contribution in [2.24, 2.45) is 0 Å². The van der Waals surface area contributed by atoms with Gasteiger partial charge in [-0.25, -0.2) is 9.31 Å². The van der Waals surface area contributed by atoms with Crippen molar-refractivity contribution < 1.29 is 23.7 Å². The maximum atomic E-state index is 12.4. The number of methoxy groups -OCH3 is 1. The zero-order chi connectivity index (χ0) is 24.5. The van der Waals surface area contributed by atoms with Gasteiger partial charge >= 0.3 is 6.09 Å². The summed E-state index contributed by atoms with van der Waals surface area (Å²) >= 11 is 0. The van der Waals surface area contributed by atoms with Gasteiger partial charge in [0.2, 0.25) is 0 Å². The molecule has 2 aromatic heterocycles.